The number of rotatable bonds is 3. The van der Waals surface area contributed by atoms with Crippen molar-refractivity contribution in [3.63, 3.8) is 0 Å². The number of hydrogen-bond acceptors (Lipinski definition) is 2. The average molecular weight is 335 g/mol. The molecule has 0 atom stereocenters. The van der Waals surface area contributed by atoms with Crippen molar-refractivity contribution in [2.24, 2.45) is 0 Å². The molecule has 0 fully saturated rings. The van der Waals surface area contributed by atoms with Gasteiger partial charge in [-0.25, -0.2) is 4.39 Å². The number of nitrogens with one attached hydrogen (secondary N) is 2. The summed E-state index contributed by atoms with van der Waals surface area (Å²) in [5.41, 5.74) is 1.44. The summed E-state index contributed by atoms with van der Waals surface area (Å²) in [5.74, 6) is -0.707. The number of carbonyl (C=O) groups is 1. The van der Waals surface area contributed by atoms with Crippen molar-refractivity contribution in [3.05, 3.63) is 71.0 Å². The minimum atomic E-state index is -0.366. The van der Waals surface area contributed by atoms with Crippen LogP contribution in [0.15, 0.2) is 54.6 Å². The SMILES string of the molecule is O=C(/C=C/c1ccc(Cl)cc1)NC(=S)Nc1ccc(F)cc1. The number of anilines is 1. The molecule has 22 heavy (non-hydrogen) atoms. The Bertz CT molecular complexity index is 699. The molecule has 3 nitrogen and oxygen atoms in total. The lowest BCUT2D eigenvalue weighted by Crippen LogP contribution is -2.32. The highest BCUT2D eigenvalue weighted by atomic mass is 35.5. The highest BCUT2D eigenvalue weighted by Gasteiger charge is 2.01. The maximum Gasteiger partial charge on any atom is 0.250 e. The van der Waals surface area contributed by atoms with Gasteiger partial charge < -0.3 is 5.32 Å². The number of halogens is 2. The number of benzene rings is 2. The van der Waals surface area contributed by atoms with E-state index in [0.717, 1.165) is 5.56 Å². The first-order chi connectivity index (χ1) is 10.5. The van der Waals surface area contributed by atoms with Crippen molar-refractivity contribution < 1.29 is 9.18 Å². The van der Waals surface area contributed by atoms with E-state index in [2.05, 4.69) is 10.6 Å². The van der Waals surface area contributed by atoms with Gasteiger partial charge in [-0.1, -0.05) is 23.7 Å². The second-order valence-electron chi connectivity index (χ2n) is 4.34. The summed E-state index contributed by atoms with van der Waals surface area (Å²) in [6, 6.07) is 12.7. The minimum Gasteiger partial charge on any atom is -0.332 e. The van der Waals surface area contributed by atoms with Crippen LogP contribution in [0, 0.1) is 5.82 Å². The fourth-order valence-electron chi connectivity index (χ4n) is 1.59. The predicted molar refractivity (Wildman–Crippen MR) is 91.2 cm³/mol. The maximum atomic E-state index is 12.8. The largest absolute Gasteiger partial charge is 0.332 e. The maximum absolute atomic E-state index is 12.8. The third kappa shape index (κ3) is 5.27. The van der Waals surface area contributed by atoms with Gasteiger partial charge in [-0.2, -0.15) is 0 Å². The van der Waals surface area contributed by atoms with E-state index in [1.807, 2.05) is 0 Å². The van der Waals surface area contributed by atoms with Crippen LogP contribution in [0.4, 0.5) is 10.1 Å². The minimum absolute atomic E-state index is 0.136. The molecule has 2 aromatic rings. The van der Waals surface area contributed by atoms with Gasteiger partial charge in [-0.3, -0.25) is 10.1 Å². The van der Waals surface area contributed by atoms with E-state index in [-0.39, 0.29) is 16.8 Å². The lowest BCUT2D eigenvalue weighted by molar-refractivity contribution is -0.115. The molecule has 0 saturated carbocycles. The fourth-order valence-corrected chi connectivity index (χ4v) is 1.94. The highest BCUT2D eigenvalue weighted by molar-refractivity contribution is 7.80. The van der Waals surface area contributed by atoms with Gasteiger partial charge in [0.25, 0.3) is 0 Å². The van der Waals surface area contributed by atoms with E-state index in [0.29, 0.717) is 10.7 Å². The molecule has 112 valence electrons. The molecule has 6 heteroatoms. The van der Waals surface area contributed by atoms with E-state index >= 15 is 0 Å². The van der Waals surface area contributed by atoms with E-state index in [1.54, 1.807) is 30.3 Å². The smallest absolute Gasteiger partial charge is 0.250 e. The number of carbonyl (C=O) groups excluding carboxylic acids is 1. The molecule has 2 aromatic carbocycles. The van der Waals surface area contributed by atoms with Crippen LogP contribution in [0.1, 0.15) is 5.56 Å². The molecule has 1 amide bonds. The topological polar surface area (TPSA) is 41.1 Å². The lowest BCUT2D eigenvalue weighted by Gasteiger charge is -2.07. The second kappa shape index (κ2) is 7.68. The van der Waals surface area contributed by atoms with Crippen LogP contribution in [0.2, 0.25) is 5.02 Å². The van der Waals surface area contributed by atoms with Gasteiger partial charge in [0.05, 0.1) is 0 Å². The van der Waals surface area contributed by atoms with Crippen molar-refractivity contribution in [3.8, 4) is 0 Å². The monoisotopic (exact) mass is 334 g/mol. The summed E-state index contributed by atoms with van der Waals surface area (Å²) in [5, 5.41) is 6.05. The molecule has 2 N–H and O–H groups in total. The van der Waals surface area contributed by atoms with Crippen molar-refractivity contribution in [2.75, 3.05) is 5.32 Å². The Hall–Kier alpha value is -2.24. The standard InChI is InChI=1S/C16H12ClFN2OS/c17-12-4-1-11(2-5-12)3-10-15(21)20-16(22)19-14-8-6-13(18)7-9-14/h1-10H,(H2,19,20,21,22)/b10-3+. The third-order valence-electron chi connectivity index (χ3n) is 2.64. The zero-order valence-electron chi connectivity index (χ0n) is 11.3. The first kappa shape index (κ1) is 16.1. The van der Waals surface area contributed by atoms with Crippen molar-refractivity contribution in [1.82, 2.24) is 5.32 Å². The molecule has 0 aliphatic heterocycles. The lowest BCUT2D eigenvalue weighted by atomic mass is 10.2. The van der Waals surface area contributed by atoms with Gasteiger partial charge in [0, 0.05) is 16.8 Å². The van der Waals surface area contributed by atoms with Gasteiger partial charge in [-0.15, -0.1) is 0 Å². The molecule has 0 bridgehead atoms. The van der Waals surface area contributed by atoms with Crippen molar-refractivity contribution in [1.29, 1.82) is 0 Å². The molecule has 0 radical (unpaired) electrons. The normalized spacial score (nSPS) is 10.5. The van der Waals surface area contributed by atoms with Gasteiger partial charge >= 0.3 is 0 Å². The van der Waals surface area contributed by atoms with Crippen LogP contribution >= 0.6 is 23.8 Å². The average Bonchev–Trinajstić information content (AvgIpc) is 2.49. The molecule has 0 saturated heterocycles. The molecule has 0 aromatic heterocycles. The molecule has 2 rings (SSSR count). The molecule has 0 aliphatic carbocycles. The van der Waals surface area contributed by atoms with Crippen molar-refractivity contribution in [2.45, 2.75) is 0 Å². The summed E-state index contributed by atoms with van der Waals surface area (Å²) in [6.45, 7) is 0. The molecule has 0 unspecified atom stereocenters. The first-order valence-electron chi connectivity index (χ1n) is 6.34. The van der Waals surface area contributed by atoms with Crippen LogP contribution < -0.4 is 10.6 Å². The van der Waals surface area contributed by atoms with E-state index in [1.165, 1.54) is 30.3 Å². The fraction of sp³-hybridized carbons (Fsp3) is 0. The van der Waals surface area contributed by atoms with E-state index < -0.39 is 0 Å². The Kier molecular flexibility index (Phi) is 5.63. The van der Waals surface area contributed by atoms with Gasteiger partial charge in [0.2, 0.25) is 5.91 Å². The van der Waals surface area contributed by atoms with Gasteiger partial charge in [0.1, 0.15) is 5.82 Å². The van der Waals surface area contributed by atoms with Crippen LogP contribution in [-0.2, 0) is 4.79 Å². The van der Waals surface area contributed by atoms with Gasteiger partial charge in [0.15, 0.2) is 5.11 Å². The van der Waals surface area contributed by atoms with E-state index in [4.69, 9.17) is 23.8 Å². The zero-order valence-corrected chi connectivity index (χ0v) is 12.9. The molecular weight excluding hydrogens is 323 g/mol. The van der Waals surface area contributed by atoms with Crippen molar-refractivity contribution >= 4 is 46.6 Å². The summed E-state index contributed by atoms with van der Waals surface area (Å²) < 4.78 is 12.8. The summed E-state index contributed by atoms with van der Waals surface area (Å²) >= 11 is 10.8. The third-order valence-corrected chi connectivity index (χ3v) is 3.09. The number of hydrogen-bond donors (Lipinski definition) is 2. The van der Waals surface area contributed by atoms with Crippen LogP contribution in [0.3, 0.4) is 0 Å². The Morgan fingerprint density at radius 1 is 1.09 bits per heavy atom. The zero-order chi connectivity index (χ0) is 15.9. The predicted octanol–water partition coefficient (Wildman–Crippen LogP) is 4.01. The molecular formula is C16H12ClFN2OS. The Morgan fingerprint density at radius 3 is 2.36 bits per heavy atom. The number of amides is 1. The number of thiocarbonyl (C=S) groups is 1. The second-order valence-corrected chi connectivity index (χ2v) is 5.18. The Morgan fingerprint density at radius 2 is 1.73 bits per heavy atom. The first-order valence-corrected chi connectivity index (χ1v) is 7.13. The highest BCUT2D eigenvalue weighted by Crippen LogP contribution is 2.10. The molecule has 0 aliphatic rings. The summed E-state index contributed by atoms with van der Waals surface area (Å²) in [6.07, 6.45) is 3.01. The van der Waals surface area contributed by atoms with Crippen LogP contribution in [0.5, 0.6) is 0 Å². The molecule has 0 spiro atoms. The van der Waals surface area contributed by atoms with Gasteiger partial charge in [-0.05, 0) is 60.3 Å². The summed E-state index contributed by atoms with van der Waals surface area (Å²) in [7, 11) is 0. The Balaban J connectivity index is 1.87. The quantitative estimate of drug-likeness (QED) is 0.658. The van der Waals surface area contributed by atoms with E-state index in [9.17, 15) is 9.18 Å². The summed E-state index contributed by atoms with van der Waals surface area (Å²) in [4.78, 5) is 11.7. The van der Waals surface area contributed by atoms with Crippen LogP contribution in [0.25, 0.3) is 6.08 Å². The van der Waals surface area contributed by atoms with Crippen LogP contribution in [-0.4, -0.2) is 11.0 Å². The Labute approximate surface area is 137 Å². The molecule has 0 heterocycles.